The molecular formula is C25H20FN5O2. The molecule has 33 heavy (non-hydrogen) atoms. The van der Waals surface area contributed by atoms with Crippen LogP contribution in [0, 0.1) is 5.82 Å². The van der Waals surface area contributed by atoms with E-state index >= 15 is 0 Å². The number of nitrogens with two attached hydrogens (primary N) is 1. The minimum absolute atomic E-state index is 0.0159. The quantitative estimate of drug-likeness (QED) is 0.368. The molecule has 164 valence electrons. The molecular weight excluding hydrogens is 421 g/mol. The normalized spacial score (nSPS) is 13.6. The van der Waals surface area contributed by atoms with Crippen molar-refractivity contribution in [2.45, 2.75) is 25.4 Å². The molecule has 0 aliphatic heterocycles. The highest BCUT2D eigenvalue weighted by Crippen LogP contribution is 2.44. The summed E-state index contributed by atoms with van der Waals surface area (Å²) in [5, 5.41) is 7.77. The summed E-state index contributed by atoms with van der Waals surface area (Å²) in [7, 11) is 0. The lowest BCUT2D eigenvalue weighted by atomic mass is 9.96. The highest BCUT2D eigenvalue weighted by atomic mass is 19.1. The van der Waals surface area contributed by atoms with Crippen LogP contribution in [-0.2, 0) is 6.61 Å². The molecule has 1 saturated carbocycles. The van der Waals surface area contributed by atoms with Gasteiger partial charge in [-0.25, -0.2) is 9.37 Å². The Hall–Kier alpha value is -4.20. The van der Waals surface area contributed by atoms with E-state index in [9.17, 15) is 9.18 Å². The van der Waals surface area contributed by atoms with E-state index in [1.807, 2.05) is 36.4 Å². The van der Waals surface area contributed by atoms with Crippen molar-refractivity contribution in [2.24, 2.45) is 0 Å². The van der Waals surface area contributed by atoms with Gasteiger partial charge >= 0.3 is 0 Å². The van der Waals surface area contributed by atoms with Gasteiger partial charge in [0.25, 0.3) is 5.56 Å². The number of rotatable bonds is 5. The van der Waals surface area contributed by atoms with E-state index in [0.717, 1.165) is 24.1 Å². The average Bonchev–Trinajstić information content (AvgIpc) is 3.56. The van der Waals surface area contributed by atoms with Crippen LogP contribution < -0.4 is 16.0 Å². The van der Waals surface area contributed by atoms with Crippen LogP contribution in [0.4, 0.5) is 10.1 Å². The number of pyridine rings is 2. The summed E-state index contributed by atoms with van der Waals surface area (Å²) >= 11 is 0. The van der Waals surface area contributed by atoms with Gasteiger partial charge in [0, 0.05) is 22.6 Å². The lowest BCUT2D eigenvalue weighted by Gasteiger charge is -2.16. The maximum atomic E-state index is 14.3. The number of benzene rings is 2. The van der Waals surface area contributed by atoms with Crippen molar-refractivity contribution in [3.8, 4) is 17.0 Å². The summed E-state index contributed by atoms with van der Waals surface area (Å²) in [4.78, 5) is 20.5. The fraction of sp³-hybridized carbons (Fsp3) is 0.160. The summed E-state index contributed by atoms with van der Waals surface area (Å²) in [5.74, 6) is 0.301. The fourth-order valence-corrected chi connectivity index (χ4v) is 4.24. The number of halogens is 1. The third-order valence-electron chi connectivity index (χ3n) is 6.07. The minimum Gasteiger partial charge on any atom is -0.472 e. The molecule has 7 nitrogen and oxygen atoms in total. The number of ether oxygens (including phenoxy) is 1. The number of H-pyrrole nitrogens is 2. The van der Waals surface area contributed by atoms with Gasteiger partial charge in [0.1, 0.15) is 23.6 Å². The SMILES string of the molecule is Nc1c(-c2ccc(F)c3[nH]ncc23)c2c(OCc3ccccc3)nc(C3CC3)cc2[nH]c1=O. The standard InChI is InChI=1S/C25H20FN5O2/c26-17-9-8-15(16-11-28-31-23(16)17)20-21-19(29-24(32)22(20)27)10-18(14-6-7-14)30-25(21)33-12-13-4-2-1-3-5-13/h1-5,8-11,14H,6-7,12,27H2,(H,28,31)(H,29,32). The summed E-state index contributed by atoms with van der Waals surface area (Å²) < 4.78 is 20.6. The van der Waals surface area contributed by atoms with Crippen LogP contribution in [0.3, 0.4) is 0 Å². The molecule has 8 heteroatoms. The highest BCUT2D eigenvalue weighted by Gasteiger charge is 2.28. The first-order chi connectivity index (χ1) is 16.1. The smallest absolute Gasteiger partial charge is 0.272 e. The fourth-order valence-electron chi connectivity index (χ4n) is 4.24. The van der Waals surface area contributed by atoms with Gasteiger partial charge in [-0.1, -0.05) is 36.4 Å². The second-order valence-electron chi connectivity index (χ2n) is 8.32. The summed E-state index contributed by atoms with van der Waals surface area (Å²) in [6.07, 6.45) is 3.63. The number of nitrogens with zero attached hydrogens (tertiary/aromatic N) is 2. The largest absolute Gasteiger partial charge is 0.472 e. The zero-order valence-corrected chi connectivity index (χ0v) is 17.6. The third-order valence-corrected chi connectivity index (χ3v) is 6.07. The van der Waals surface area contributed by atoms with Crippen molar-refractivity contribution in [3.05, 3.63) is 82.2 Å². The molecule has 0 atom stereocenters. The minimum atomic E-state index is -0.436. The molecule has 6 rings (SSSR count). The van der Waals surface area contributed by atoms with Crippen LogP contribution in [0.2, 0.25) is 0 Å². The average molecular weight is 441 g/mol. The molecule has 0 bridgehead atoms. The molecule has 1 fully saturated rings. The van der Waals surface area contributed by atoms with E-state index in [0.29, 0.717) is 45.8 Å². The first-order valence-electron chi connectivity index (χ1n) is 10.7. The number of aromatic amines is 2. The molecule has 3 aromatic heterocycles. The van der Waals surface area contributed by atoms with Gasteiger partial charge in [-0.2, -0.15) is 5.10 Å². The predicted molar refractivity (Wildman–Crippen MR) is 125 cm³/mol. The molecule has 0 radical (unpaired) electrons. The molecule has 0 unspecified atom stereocenters. The predicted octanol–water partition coefficient (Wildman–Crippen LogP) is 4.64. The summed E-state index contributed by atoms with van der Waals surface area (Å²) in [5.41, 5.74) is 9.65. The number of hydrogen-bond donors (Lipinski definition) is 3. The third kappa shape index (κ3) is 3.31. The van der Waals surface area contributed by atoms with Crippen LogP contribution in [0.1, 0.15) is 30.0 Å². The Balaban J connectivity index is 1.62. The number of fused-ring (bicyclic) bond motifs is 2. The van der Waals surface area contributed by atoms with E-state index in [4.69, 9.17) is 15.5 Å². The topological polar surface area (TPSA) is 110 Å². The van der Waals surface area contributed by atoms with E-state index < -0.39 is 11.4 Å². The van der Waals surface area contributed by atoms with Crippen molar-refractivity contribution < 1.29 is 9.13 Å². The van der Waals surface area contributed by atoms with Gasteiger partial charge in [-0.15, -0.1) is 0 Å². The number of anilines is 1. The van der Waals surface area contributed by atoms with Gasteiger partial charge in [0.05, 0.1) is 17.1 Å². The Morgan fingerprint density at radius 1 is 1.15 bits per heavy atom. The molecule has 5 aromatic rings. The molecule has 0 spiro atoms. The molecule has 1 aliphatic rings. The monoisotopic (exact) mass is 441 g/mol. The van der Waals surface area contributed by atoms with Crippen LogP contribution in [-0.4, -0.2) is 20.2 Å². The molecule has 0 saturated heterocycles. The van der Waals surface area contributed by atoms with Crippen molar-refractivity contribution >= 4 is 27.5 Å². The van der Waals surface area contributed by atoms with Gasteiger partial charge in [0.2, 0.25) is 5.88 Å². The van der Waals surface area contributed by atoms with Crippen molar-refractivity contribution in [1.29, 1.82) is 0 Å². The van der Waals surface area contributed by atoms with Crippen LogP contribution in [0.5, 0.6) is 5.88 Å². The molecule has 2 aromatic carbocycles. The maximum Gasteiger partial charge on any atom is 0.272 e. The lowest BCUT2D eigenvalue weighted by Crippen LogP contribution is -2.15. The van der Waals surface area contributed by atoms with Crippen LogP contribution in [0.25, 0.3) is 32.9 Å². The Labute approximate surface area is 187 Å². The Kier molecular flexibility index (Phi) is 4.39. The number of nitrogens with one attached hydrogen (secondary N) is 2. The molecule has 4 N–H and O–H groups in total. The molecule has 0 amide bonds. The van der Waals surface area contributed by atoms with Gasteiger partial charge in [-0.3, -0.25) is 9.89 Å². The highest BCUT2D eigenvalue weighted by molar-refractivity contribution is 6.09. The van der Waals surface area contributed by atoms with Crippen LogP contribution >= 0.6 is 0 Å². The van der Waals surface area contributed by atoms with Gasteiger partial charge in [-0.05, 0) is 36.1 Å². The van der Waals surface area contributed by atoms with Crippen molar-refractivity contribution in [2.75, 3.05) is 5.73 Å². The van der Waals surface area contributed by atoms with Crippen molar-refractivity contribution in [3.63, 3.8) is 0 Å². The Bertz CT molecular complexity index is 1570. The number of hydrogen-bond acceptors (Lipinski definition) is 5. The second kappa shape index (κ2) is 7.44. The first kappa shape index (κ1) is 19.5. The first-order valence-corrected chi connectivity index (χ1v) is 10.7. The lowest BCUT2D eigenvalue weighted by molar-refractivity contribution is 0.297. The second-order valence-corrected chi connectivity index (χ2v) is 8.32. The summed E-state index contributed by atoms with van der Waals surface area (Å²) in [6.45, 7) is 0.306. The molecule has 1 aliphatic carbocycles. The molecule has 3 heterocycles. The maximum absolute atomic E-state index is 14.3. The Morgan fingerprint density at radius 2 is 1.97 bits per heavy atom. The number of nitrogen functional groups attached to an aromatic ring is 1. The van der Waals surface area contributed by atoms with E-state index in [2.05, 4.69) is 15.2 Å². The zero-order chi connectivity index (χ0) is 22.5. The van der Waals surface area contributed by atoms with Crippen molar-refractivity contribution in [1.82, 2.24) is 20.2 Å². The van der Waals surface area contributed by atoms with Gasteiger partial charge < -0.3 is 15.5 Å². The van der Waals surface area contributed by atoms with Gasteiger partial charge in [0.15, 0.2) is 0 Å². The van der Waals surface area contributed by atoms with E-state index in [-0.39, 0.29) is 11.2 Å². The van der Waals surface area contributed by atoms with E-state index in [1.54, 1.807) is 6.07 Å². The number of aromatic nitrogens is 4. The summed E-state index contributed by atoms with van der Waals surface area (Å²) in [6, 6.07) is 14.6. The Morgan fingerprint density at radius 3 is 2.76 bits per heavy atom. The zero-order valence-electron chi connectivity index (χ0n) is 17.6. The van der Waals surface area contributed by atoms with E-state index in [1.165, 1.54) is 12.3 Å². The van der Waals surface area contributed by atoms with Crippen LogP contribution in [0.15, 0.2) is 59.5 Å².